The molecule has 0 radical (unpaired) electrons. The summed E-state index contributed by atoms with van der Waals surface area (Å²) in [4.78, 5) is 14.3. The molecule has 0 unspecified atom stereocenters. The number of anilines is 4. The van der Waals surface area contributed by atoms with Crippen molar-refractivity contribution in [1.82, 2.24) is 15.0 Å². The first-order valence-corrected chi connectivity index (χ1v) is 7.31. The summed E-state index contributed by atoms with van der Waals surface area (Å²) in [5, 5.41) is 2.82. The van der Waals surface area contributed by atoms with E-state index in [9.17, 15) is 4.39 Å². The standard InChI is InChI=1S/C13H16BrFN6/c1-3-21(4-2)13-19-11(16)18-12(20-13)17-10-7-8(14)5-6-9(10)15/h5-7H,3-4H2,1-2H3,(H3,16,17,18,19,20). The predicted octanol–water partition coefficient (Wildman–Crippen LogP) is 2.95. The van der Waals surface area contributed by atoms with Crippen LogP contribution in [0.5, 0.6) is 0 Å². The van der Waals surface area contributed by atoms with Gasteiger partial charge in [-0.1, -0.05) is 15.9 Å². The van der Waals surface area contributed by atoms with Gasteiger partial charge in [0, 0.05) is 17.6 Å². The first-order chi connectivity index (χ1) is 10.0. The number of nitrogens with zero attached hydrogens (tertiary/aromatic N) is 4. The Morgan fingerprint density at radius 2 is 1.95 bits per heavy atom. The van der Waals surface area contributed by atoms with Gasteiger partial charge in [0.25, 0.3) is 0 Å². The van der Waals surface area contributed by atoms with Crippen LogP contribution >= 0.6 is 15.9 Å². The molecule has 0 spiro atoms. The van der Waals surface area contributed by atoms with E-state index in [0.717, 1.165) is 17.6 Å². The highest BCUT2D eigenvalue weighted by molar-refractivity contribution is 9.10. The van der Waals surface area contributed by atoms with Crippen LogP contribution < -0.4 is 16.0 Å². The number of halogens is 2. The summed E-state index contributed by atoms with van der Waals surface area (Å²) >= 11 is 3.29. The van der Waals surface area contributed by atoms with Gasteiger partial charge in [-0.25, -0.2) is 4.39 Å². The summed E-state index contributed by atoms with van der Waals surface area (Å²) in [7, 11) is 0. The van der Waals surface area contributed by atoms with E-state index in [1.165, 1.54) is 6.07 Å². The maximum Gasteiger partial charge on any atom is 0.233 e. The Bertz CT molecular complexity index is 632. The zero-order chi connectivity index (χ0) is 15.4. The Morgan fingerprint density at radius 3 is 2.62 bits per heavy atom. The number of hydrogen-bond acceptors (Lipinski definition) is 6. The average Bonchev–Trinajstić information content (AvgIpc) is 2.44. The number of nitrogen functional groups attached to an aromatic ring is 1. The second-order valence-electron chi connectivity index (χ2n) is 4.24. The van der Waals surface area contributed by atoms with Gasteiger partial charge in [-0.05, 0) is 32.0 Å². The molecule has 0 amide bonds. The van der Waals surface area contributed by atoms with Crippen LogP contribution in [0.15, 0.2) is 22.7 Å². The van der Waals surface area contributed by atoms with Gasteiger partial charge < -0.3 is 16.0 Å². The fraction of sp³-hybridized carbons (Fsp3) is 0.308. The molecule has 1 aromatic carbocycles. The van der Waals surface area contributed by atoms with Crippen LogP contribution in [0.4, 0.5) is 27.9 Å². The van der Waals surface area contributed by atoms with E-state index in [4.69, 9.17) is 5.73 Å². The number of rotatable bonds is 5. The highest BCUT2D eigenvalue weighted by atomic mass is 79.9. The third kappa shape index (κ3) is 3.78. The third-order valence-corrected chi connectivity index (χ3v) is 3.36. The van der Waals surface area contributed by atoms with E-state index >= 15 is 0 Å². The van der Waals surface area contributed by atoms with Crippen molar-refractivity contribution in [2.24, 2.45) is 0 Å². The average molecular weight is 355 g/mol. The molecule has 0 bridgehead atoms. The van der Waals surface area contributed by atoms with Crippen LogP contribution in [0.2, 0.25) is 0 Å². The molecule has 1 aromatic heterocycles. The lowest BCUT2D eigenvalue weighted by Crippen LogP contribution is -2.25. The molecule has 2 rings (SSSR count). The van der Waals surface area contributed by atoms with E-state index in [1.54, 1.807) is 12.1 Å². The molecule has 8 heteroatoms. The molecule has 1 heterocycles. The van der Waals surface area contributed by atoms with Crippen molar-refractivity contribution in [3.05, 3.63) is 28.5 Å². The topological polar surface area (TPSA) is 80.0 Å². The Labute approximate surface area is 130 Å². The molecular weight excluding hydrogens is 339 g/mol. The van der Waals surface area contributed by atoms with Gasteiger partial charge in [0.15, 0.2) is 0 Å². The number of aromatic nitrogens is 3. The van der Waals surface area contributed by atoms with E-state index in [1.807, 2.05) is 18.7 Å². The molecule has 0 atom stereocenters. The van der Waals surface area contributed by atoms with Crippen molar-refractivity contribution in [1.29, 1.82) is 0 Å². The largest absolute Gasteiger partial charge is 0.368 e. The molecule has 0 fully saturated rings. The minimum absolute atomic E-state index is 0.0878. The van der Waals surface area contributed by atoms with Gasteiger partial charge in [0.2, 0.25) is 17.8 Å². The van der Waals surface area contributed by atoms with E-state index in [-0.39, 0.29) is 17.6 Å². The van der Waals surface area contributed by atoms with Gasteiger partial charge in [0.05, 0.1) is 5.69 Å². The smallest absolute Gasteiger partial charge is 0.233 e. The van der Waals surface area contributed by atoms with Crippen molar-refractivity contribution < 1.29 is 4.39 Å². The number of hydrogen-bond donors (Lipinski definition) is 2. The van der Waals surface area contributed by atoms with Crippen LogP contribution in [0.25, 0.3) is 0 Å². The number of nitrogens with one attached hydrogen (secondary N) is 1. The Hall–Kier alpha value is -1.96. The van der Waals surface area contributed by atoms with E-state index in [2.05, 4.69) is 36.2 Å². The van der Waals surface area contributed by atoms with Gasteiger partial charge in [-0.2, -0.15) is 15.0 Å². The number of benzene rings is 1. The van der Waals surface area contributed by atoms with Gasteiger partial charge in [-0.15, -0.1) is 0 Å². The zero-order valence-electron chi connectivity index (χ0n) is 11.8. The maximum absolute atomic E-state index is 13.8. The molecule has 6 nitrogen and oxygen atoms in total. The third-order valence-electron chi connectivity index (χ3n) is 2.86. The minimum atomic E-state index is -0.401. The highest BCUT2D eigenvalue weighted by Gasteiger charge is 2.11. The normalized spacial score (nSPS) is 10.5. The predicted molar refractivity (Wildman–Crippen MR) is 85.2 cm³/mol. The second kappa shape index (κ2) is 6.66. The summed E-state index contributed by atoms with van der Waals surface area (Å²) < 4.78 is 14.5. The SMILES string of the molecule is CCN(CC)c1nc(N)nc(Nc2cc(Br)ccc2F)n1. The first kappa shape index (κ1) is 15.4. The van der Waals surface area contributed by atoms with Crippen molar-refractivity contribution in [3.8, 4) is 0 Å². The Kier molecular flexibility index (Phi) is 4.89. The van der Waals surface area contributed by atoms with Crippen LogP contribution in [-0.4, -0.2) is 28.0 Å². The summed E-state index contributed by atoms with van der Waals surface area (Å²) in [5.41, 5.74) is 5.96. The molecule has 21 heavy (non-hydrogen) atoms. The summed E-state index contributed by atoms with van der Waals surface area (Å²) in [6.45, 7) is 5.46. The lowest BCUT2D eigenvalue weighted by molar-refractivity contribution is 0.631. The molecule has 3 N–H and O–H groups in total. The maximum atomic E-state index is 13.8. The zero-order valence-corrected chi connectivity index (χ0v) is 13.4. The van der Waals surface area contributed by atoms with Crippen LogP contribution in [-0.2, 0) is 0 Å². The van der Waals surface area contributed by atoms with E-state index in [0.29, 0.717) is 5.95 Å². The van der Waals surface area contributed by atoms with Crippen molar-refractivity contribution in [2.75, 3.05) is 29.0 Å². The minimum Gasteiger partial charge on any atom is -0.368 e. The molecular formula is C13H16BrFN6. The highest BCUT2D eigenvalue weighted by Crippen LogP contribution is 2.23. The molecule has 0 saturated heterocycles. The van der Waals surface area contributed by atoms with Gasteiger partial charge >= 0.3 is 0 Å². The molecule has 0 aliphatic rings. The monoisotopic (exact) mass is 354 g/mol. The van der Waals surface area contributed by atoms with Gasteiger partial charge in [-0.3, -0.25) is 0 Å². The van der Waals surface area contributed by atoms with Crippen LogP contribution in [0.1, 0.15) is 13.8 Å². The Balaban J connectivity index is 2.34. The van der Waals surface area contributed by atoms with Crippen LogP contribution in [0.3, 0.4) is 0 Å². The van der Waals surface area contributed by atoms with E-state index < -0.39 is 5.82 Å². The molecule has 0 saturated carbocycles. The van der Waals surface area contributed by atoms with Gasteiger partial charge in [0.1, 0.15) is 5.82 Å². The van der Waals surface area contributed by atoms with Crippen LogP contribution in [0, 0.1) is 5.82 Å². The second-order valence-corrected chi connectivity index (χ2v) is 5.15. The molecule has 0 aliphatic heterocycles. The van der Waals surface area contributed by atoms with Crippen molar-refractivity contribution in [2.45, 2.75) is 13.8 Å². The fourth-order valence-corrected chi connectivity index (χ4v) is 2.16. The lowest BCUT2D eigenvalue weighted by atomic mass is 10.3. The Morgan fingerprint density at radius 1 is 1.24 bits per heavy atom. The van der Waals surface area contributed by atoms with Crippen molar-refractivity contribution in [3.63, 3.8) is 0 Å². The lowest BCUT2D eigenvalue weighted by Gasteiger charge is -2.19. The summed E-state index contributed by atoms with van der Waals surface area (Å²) in [6, 6.07) is 4.57. The number of nitrogens with two attached hydrogens (primary N) is 1. The quantitative estimate of drug-likeness (QED) is 0.859. The fourth-order valence-electron chi connectivity index (χ4n) is 1.80. The summed E-state index contributed by atoms with van der Waals surface area (Å²) in [6.07, 6.45) is 0. The molecule has 112 valence electrons. The van der Waals surface area contributed by atoms with Crippen molar-refractivity contribution >= 4 is 39.5 Å². The molecule has 2 aromatic rings. The first-order valence-electron chi connectivity index (χ1n) is 6.52. The summed E-state index contributed by atoms with van der Waals surface area (Å²) in [5.74, 6) is 0.359. The molecule has 0 aliphatic carbocycles.